The summed E-state index contributed by atoms with van der Waals surface area (Å²) in [6.07, 6.45) is -0.316. The molecule has 6 nitrogen and oxygen atoms in total. The Labute approximate surface area is 159 Å². The van der Waals surface area contributed by atoms with Crippen LogP contribution in [0.2, 0.25) is 5.02 Å². The number of benzene rings is 2. The summed E-state index contributed by atoms with van der Waals surface area (Å²) in [5.74, 6) is -2.09. The van der Waals surface area contributed by atoms with Crippen LogP contribution in [0, 0.1) is 17.1 Å². The normalized spacial score (nSPS) is 9.96. The Kier molecular flexibility index (Phi) is 7.03. The molecule has 8 heteroatoms. The van der Waals surface area contributed by atoms with E-state index in [0.717, 1.165) is 12.1 Å². The molecule has 0 unspecified atom stereocenters. The zero-order valence-corrected chi connectivity index (χ0v) is 14.8. The van der Waals surface area contributed by atoms with Gasteiger partial charge in [0.25, 0.3) is 5.91 Å². The summed E-state index contributed by atoms with van der Waals surface area (Å²) >= 11 is 5.86. The number of carbonyl (C=O) groups excluding carboxylic acids is 3. The van der Waals surface area contributed by atoms with Crippen LogP contribution in [-0.4, -0.2) is 24.3 Å². The fourth-order valence-corrected chi connectivity index (χ4v) is 2.32. The molecule has 0 saturated heterocycles. The lowest BCUT2D eigenvalue weighted by molar-refractivity contribution is -0.147. The second kappa shape index (κ2) is 9.46. The number of ether oxygens (including phenoxy) is 1. The van der Waals surface area contributed by atoms with Gasteiger partial charge in [0.2, 0.25) is 0 Å². The van der Waals surface area contributed by atoms with Gasteiger partial charge in [0, 0.05) is 17.7 Å². The molecule has 0 aliphatic carbocycles. The summed E-state index contributed by atoms with van der Waals surface area (Å²) in [5.41, 5.74) is 0.915. The molecule has 27 heavy (non-hydrogen) atoms. The smallest absolute Gasteiger partial charge is 0.306 e. The van der Waals surface area contributed by atoms with E-state index in [-0.39, 0.29) is 29.2 Å². The van der Waals surface area contributed by atoms with Gasteiger partial charge in [0.15, 0.2) is 12.4 Å². The van der Waals surface area contributed by atoms with Crippen molar-refractivity contribution < 1.29 is 23.5 Å². The van der Waals surface area contributed by atoms with Gasteiger partial charge in [-0.1, -0.05) is 11.6 Å². The van der Waals surface area contributed by atoms with Gasteiger partial charge in [0.05, 0.1) is 17.0 Å². The fraction of sp³-hybridized carbons (Fsp3) is 0.158. The minimum Gasteiger partial charge on any atom is -0.456 e. The second-order valence-corrected chi connectivity index (χ2v) is 5.85. The highest BCUT2D eigenvalue weighted by molar-refractivity contribution is 6.32. The zero-order valence-electron chi connectivity index (χ0n) is 14.0. The highest BCUT2D eigenvalue weighted by atomic mass is 35.5. The van der Waals surface area contributed by atoms with Crippen LogP contribution in [-0.2, 0) is 14.3 Å². The molecule has 0 radical (unpaired) electrons. The van der Waals surface area contributed by atoms with Crippen molar-refractivity contribution in [2.45, 2.75) is 12.8 Å². The Hall–Kier alpha value is -3.24. The zero-order chi connectivity index (χ0) is 19.8. The molecule has 0 fully saturated rings. The van der Waals surface area contributed by atoms with Crippen LogP contribution in [0.25, 0.3) is 0 Å². The van der Waals surface area contributed by atoms with E-state index in [4.69, 9.17) is 21.6 Å². The Balaban J connectivity index is 1.75. The predicted molar refractivity (Wildman–Crippen MR) is 95.7 cm³/mol. The lowest BCUT2D eigenvalue weighted by atomic mass is 10.1. The van der Waals surface area contributed by atoms with Crippen LogP contribution in [0.5, 0.6) is 0 Å². The first kappa shape index (κ1) is 20.1. The molecule has 0 aliphatic rings. The molecule has 0 aliphatic heterocycles. The molecule has 0 spiro atoms. The third-order valence-corrected chi connectivity index (χ3v) is 3.77. The number of nitriles is 1. The number of halogens is 2. The Morgan fingerprint density at radius 2 is 1.81 bits per heavy atom. The molecule has 0 heterocycles. The van der Waals surface area contributed by atoms with Crippen molar-refractivity contribution in [2.24, 2.45) is 0 Å². The molecule has 0 bridgehead atoms. The number of esters is 1. The van der Waals surface area contributed by atoms with Gasteiger partial charge in [-0.15, -0.1) is 0 Å². The van der Waals surface area contributed by atoms with Crippen molar-refractivity contribution in [3.8, 4) is 6.07 Å². The third-order valence-electron chi connectivity index (χ3n) is 3.46. The minimum atomic E-state index is -0.710. The third kappa shape index (κ3) is 6.20. The highest BCUT2D eigenvalue weighted by Gasteiger charge is 2.12. The number of hydrogen-bond donors (Lipinski definition) is 1. The minimum absolute atomic E-state index is 0.114. The Bertz CT molecular complexity index is 907. The highest BCUT2D eigenvalue weighted by Crippen LogP contribution is 2.20. The number of anilines is 1. The summed E-state index contributed by atoms with van der Waals surface area (Å²) in [5, 5.41) is 11.5. The van der Waals surface area contributed by atoms with Gasteiger partial charge in [0.1, 0.15) is 11.9 Å². The van der Waals surface area contributed by atoms with Crippen molar-refractivity contribution >= 4 is 34.9 Å². The summed E-state index contributed by atoms with van der Waals surface area (Å²) < 4.78 is 17.6. The summed E-state index contributed by atoms with van der Waals surface area (Å²) in [4.78, 5) is 35.3. The van der Waals surface area contributed by atoms with E-state index in [1.54, 1.807) is 0 Å². The van der Waals surface area contributed by atoms with Crippen LogP contribution in [0.1, 0.15) is 28.8 Å². The first-order valence-corrected chi connectivity index (χ1v) is 8.20. The number of Topliss-reactive ketones (excluding diaryl/α,β-unsaturated/α-hetero) is 1. The van der Waals surface area contributed by atoms with Crippen molar-refractivity contribution in [3.05, 3.63) is 64.4 Å². The molecule has 2 aromatic rings. The molecule has 138 valence electrons. The maximum absolute atomic E-state index is 12.8. The number of nitrogens with one attached hydrogen (secondary N) is 1. The largest absolute Gasteiger partial charge is 0.456 e. The number of rotatable bonds is 7. The molecular weight excluding hydrogens is 375 g/mol. The van der Waals surface area contributed by atoms with Gasteiger partial charge >= 0.3 is 5.97 Å². The first-order chi connectivity index (χ1) is 12.9. The second-order valence-electron chi connectivity index (χ2n) is 5.45. The van der Waals surface area contributed by atoms with Gasteiger partial charge in [-0.05, 0) is 42.5 Å². The van der Waals surface area contributed by atoms with Crippen LogP contribution in [0.3, 0.4) is 0 Å². The molecule has 2 rings (SSSR count). The van der Waals surface area contributed by atoms with E-state index >= 15 is 0 Å². The van der Waals surface area contributed by atoms with Gasteiger partial charge in [-0.25, -0.2) is 4.39 Å². The van der Waals surface area contributed by atoms with E-state index in [0.29, 0.717) is 11.3 Å². The van der Waals surface area contributed by atoms with E-state index in [2.05, 4.69) is 5.32 Å². The average Bonchev–Trinajstić information content (AvgIpc) is 2.65. The number of carbonyl (C=O) groups is 3. The molecule has 1 N–H and O–H groups in total. The molecular formula is C19H14ClFN2O4. The van der Waals surface area contributed by atoms with Crippen molar-refractivity contribution in [3.63, 3.8) is 0 Å². The first-order valence-electron chi connectivity index (χ1n) is 7.83. The lowest BCUT2D eigenvalue weighted by Crippen LogP contribution is -2.21. The van der Waals surface area contributed by atoms with Crippen molar-refractivity contribution in [1.29, 1.82) is 5.26 Å². The number of amides is 1. The SMILES string of the molecule is N#Cc1ccc(NC(=O)COC(=O)CCC(=O)c2ccc(F)cc2)cc1Cl. The number of hydrogen-bond acceptors (Lipinski definition) is 5. The maximum Gasteiger partial charge on any atom is 0.306 e. The van der Waals surface area contributed by atoms with E-state index in [9.17, 15) is 18.8 Å². The molecule has 0 saturated carbocycles. The van der Waals surface area contributed by atoms with E-state index in [1.165, 1.54) is 30.3 Å². The molecule has 2 aromatic carbocycles. The standard InChI is InChI=1S/C19H14ClFN2O4/c20-16-9-15(6-3-13(16)10-22)23-18(25)11-27-19(26)8-7-17(24)12-1-4-14(21)5-2-12/h1-6,9H,7-8,11H2,(H,23,25). The van der Waals surface area contributed by atoms with Crippen LogP contribution in [0.15, 0.2) is 42.5 Å². The van der Waals surface area contributed by atoms with Gasteiger partial charge in [-0.2, -0.15) is 5.26 Å². The summed E-state index contributed by atoms with van der Waals surface area (Å²) in [7, 11) is 0. The summed E-state index contributed by atoms with van der Waals surface area (Å²) in [6, 6.07) is 11.2. The van der Waals surface area contributed by atoms with Crippen molar-refractivity contribution in [2.75, 3.05) is 11.9 Å². The predicted octanol–water partition coefficient (Wildman–Crippen LogP) is 3.50. The number of ketones is 1. The fourth-order valence-electron chi connectivity index (χ4n) is 2.09. The lowest BCUT2D eigenvalue weighted by Gasteiger charge is -2.07. The van der Waals surface area contributed by atoms with Crippen LogP contribution in [0.4, 0.5) is 10.1 Å². The quantitative estimate of drug-likeness (QED) is 0.578. The molecule has 0 aromatic heterocycles. The maximum atomic E-state index is 12.8. The van der Waals surface area contributed by atoms with Crippen LogP contribution < -0.4 is 5.32 Å². The Morgan fingerprint density at radius 3 is 2.44 bits per heavy atom. The number of nitrogens with zero attached hydrogens (tertiary/aromatic N) is 1. The van der Waals surface area contributed by atoms with E-state index < -0.39 is 24.3 Å². The van der Waals surface area contributed by atoms with Gasteiger partial charge < -0.3 is 10.1 Å². The van der Waals surface area contributed by atoms with Gasteiger partial charge in [-0.3, -0.25) is 14.4 Å². The Morgan fingerprint density at radius 1 is 1.11 bits per heavy atom. The topological polar surface area (TPSA) is 96.3 Å². The summed E-state index contributed by atoms with van der Waals surface area (Å²) in [6.45, 7) is -0.527. The van der Waals surface area contributed by atoms with E-state index in [1.807, 2.05) is 6.07 Å². The molecule has 1 amide bonds. The molecule has 0 atom stereocenters. The van der Waals surface area contributed by atoms with Crippen molar-refractivity contribution in [1.82, 2.24) is 0 Å². The monoisotopic (exact) mass is 388 g/mol. The average molecular weight is 389 g/mol. The van der Waals surface area contributed by atoms with Crippen LogP contribution >= 0.6 is 11.6 Å².